The van der Waals surface area contributed by atoms with Crippen molar-refractivity contribution >= 4 is 17.6 Å². The van der Waals surface area contributed by atoms with E-state index in [0.717, 1.165) is 0 Å². The zero-order valence-electron chi connectivity index (χ0n) is 26.8. The maximum atomic E-state index is 14.8. The molecule has 258 valence electrons. The van der Waals surface area contributed by atoms with Gasteiger partial charge in [0.05, 0.1) is 17.9 Å². The first kappa shape index (κ1) is 38.9. The maximum Gasteiger partial charge on any atom is 0.426 e. The molecule has 0 aromatic carbocycles. The van der Waals surface area contributed by atoms with Crippen LogP contribution in [0.15, 0.2) is 59.6 Å². The second kappa shape index (κ2) is 16.0. The van der Waals surface area contributed by atoms with Crippen LogP contribution in [0.25, 0.3) is 11.6 Å². The lowest BCUT2D eigenvalue weighted by Crippen LogP contribution is -2.45. The Labute approximate surface area is 268 Å². The number of fused-ring (bicyclic) bond motifs is 5. The van der Waals surface area contributed by atoms with Crippen molar-refractivity contribution < 1.29 is 49.8 Å². The van der Waals surface area contributed by atoms with E-state index in [0.29, 0.717) is 6.07 Å². The molecule has 4 bridgehead atoms. The fourth-order valence-corrected chi connectivity index (χ4v) is 4.07. The first-order valence-corrected chi connectivity index (χ1v) is 14.6. The number of carbonyl (C=O) groups is 2. The molecule has 1 atom stereocenters. The van der Waals surface area contributed by atoms with E-state index in [-0.39, 0.29) is 18.4 Å². The molecule has 1 N–H and O–H groups in total. The third kappa shape index (κ3) is 10.4. The number of halogens is 6. The second-order valence-electron chi connectivity index (χ2n) is 11.3. The lowest BCUT2D eigenvalue weighted by Gasteiger charge is -2.32. The molecule has 0 aliphatic carbocycles. The zero-order valence-corrected chi connectivity index (χ0v) is 26.8. The van der Waals surface area contributed by atoms with Crippen LogP contribution >= 0.6 is 0 Å². The van der Waals surface area contributed by atoms with Crippen LogP contribution in [0.4, 0.5) is 36.8 Å². The van der Waals surface area contributed by atoms with Crippen LogP contribution in [0.3, 0.4) is 0 Å². The Kier molecular flexibility index (Phi) is 13.3. The largest absolute Gasteiger partial charge is 0.444 e. The maximum absolute atomic E-state index is 14.8. The topological polar surface area (TPSA) is 116 Å². The molecule has 9 nitrogen and oxygen atoms in total. The summed E-state index contributed by atoms with van der Waals surface area (Å²) in [6.45, 7) is 15.2. The summed E-state index contributed by atoms with van der Waals surface area (Å²) in [7, 11) is 0. The van der Waals surface area contributed by atoms with Gasteiger partial charge in [0.2, 0.25) is 5.60 Å². The normalized spacial score (nSPS) is 18.3. The first-order chi connectivity index (χ1) is 21.8. The molecule has 0 radical (unpaired) electrons. The van der Waals surface area contributed by atoms with Gasteiger partial charge in [0.25, 0.3) is 11.8 Å². The molecule has 47 heavy (non-hydrogen) atoms. The van der Waals surface area contributed by atoms with E-state index in [4.69, 9.17) is 13.9 Å². The Bertz CT molecular complexity index is 1490. The van der Waals surface area contributed by atoms with Gasteiger partial charge in [-0.1, -0.05) is 63.8 Å². The molecule has 0 saturated heterocycles. The van der Waals surface area contributed by atoms with Crippen molar-refractivity contribution in [2.24, 2.45) is 0 Å². The number of carbonyl (C=O) groups excluding carboxylic acids is 2. The monoisotopic (exact) mass is 672 g/mol. The summed E-state index contributed by atoms with van der Waals surface area (Å²) in [5, 5.41) is 9.28. The van der Waals surface area contributed by atoms with Crippen LogP contribution in [-0.4, -0.2) is 45.4 Å². The lowest BCUT2D eigenvalue weighted by atomic mass is 9.95. The number of amides is 1. The molecule has 1 amide bonds. The number of hydrogen-bond acceptors (Lipinski definition) is 8. The summed E-state index contributed by atoms with van der Waals surface area (Å²) in [5.74, 6) is -2.91. The molecular weight excluding hydrogens is 634 g/mol. The number of alkyl halides is 6. The number of allylic oxidation sites excluding steroid dienone is 4. The summed E-state index contributed by atoms with van der Waals surface area (Å²) in [4.78, 5) is 29.3. The number of ketones is 1. The van der Waals surface area contributed by atoms with Crippen LogP contribution in [0.2, 0.25) is 0 Å². The second-order valence-corrected chi connectivity index (χ2v) is 11.3. The Hall–Kier alpha value is -4.27. The smallest absolute Gasteiger partial charge is 0.426 e. The Balaban J connectivity index is 0.00000246. The van der Waals surface area contributed by atoms with E-state index in [1.54, 1.807) is 0 Å². The predicted octanol–water partition coefficient (Wildman–Crippen LogP) is 9.30. The molecule has 3 heterocycles. The number of hydrogen-bond donors (Lipinski definition) is 1. The average Bonchev–Trinajstić information content (AvgIpc) is 3.43. The van der Waals surface area contributed by atoms with Crippen molar-refractivity contribution in [2.45, 2.75) is 90.3 Å². The fraction of sp³-hybridized carbons (Fsp3) is 0.469. The van der Waals surface area contributed by atoms with E-state index in [1.807, 2.05) is 0 Å². The van der Waals surface area contributed by atoms with Crippen molar-refractivity contribution in [3.8, 4) is 11.6 Å². The molecule has 2 aromatic rings. The number of aromatic nitrogens is 3. The number of nitrogens with one attached hydrogen (secondary N) is 1. The third-order valence-electron chi connectivity index (χ3n) is 6.11. The van der Waals surface area contributed by atoms with E-state index >= 15 is 0 Å². The molecule has 2 aromatic heterocycles. The minimum atomic E-state index is -5.13. The van der Waals surface area contributed by atoms with Gasteiger partial charge >= 0.3 is 18.4 Å². The van der Waals surface area contributed by atoms with Gasteiger partial charge < -0.3 is 13.9 Å². The molecule has 1 unspecified atom stereocenters. The molecule has 1 aliphatic rings. The van der Waals surface area contributed by atoms with Crippen molar-refractivity contribution in [3.63, 3.8) is 0 Å². The minimum Gasteiger partial charge on any atom is -0.444 e. The fourth-order valence-electron chi connectivity index (χ4n) is 4.07. The van der Waals surface area contributed by atoms with Crippen LogP contribution in [0, 0.1) is 0 Å². The van der Waals surface area contributed by atoms with Crippen molar-refractivity contribution in [1.82, 2.24) is 15.2 Å². The lowest BCUT2D eigenvalue weighted by molar-refractivity contribution is -0.292. The highest BCUT2D eigenvalue weighted by Gasteiger charge is 2.61. The minimum absolute atomic E-state index is 0.0913. The van der Waals surface area contributed by atoms with Gasteiger partial charge in [-0.05, 0) is 51.7 Å². The molecular formula is C32H38F6N4O5. The van der Waals surface area contributed by atoms with E-state index in [9.17, 15) is 35.9 Å². The van der Waals surface area contributed by atoms with Gasteiger partial charge in [0.1, 0.15) is 11.3 Å². The van der Waals surface area contributed by atoms with Crippen LogP contribution < -0.4 is 5.32 Å². The first-order valence-electron chi connectivity index (χ1n) is 14.6. The van der Waals surface area contributed by atoms with Crippen LogP contribution in [0.5, 0.6) is 0 Å². The van der Waals surface area contributed by atoms with E-state index in [2.05, 4.69) is 47.5 Å². The molecule has 0 saturated carbocycles. The summed E-state index contributed by atoms with van der Waals surface area (Å²) in [6, 6.07) is 0.412. The molecule has 3 rings (SSSR count). The Morgan fingerprint density at radius 2 is 1.70 bits per heavy atom. The molecule has 15 heteroatoms. The number of nitrogens with zero attached hydrogens (tertiary/aromatic N) is 3. The van der Waals surface area contributed by atoms with E-state index < -0.39 is 89.3 Å². The Morgan fingerprint density at radius 1 is 1.06 bits per heavy atom. The summed E-state index contributed by atoms with van der Waals surface area (Å²) in [6.07, 6.45) is -5.04. The quantitative estimate of drug-likeness (QED) is 0.183. The SMILES string of the molecule is C=C/C=C(\C=C)COC1(C(F)(F)F)CC/C=C\CCC(=O)c2nc(c(NC(=O)OC(C)(C)C)cc2C(F)(F)F)-c2nnc1o2.CCC. The Morgan fingerprint density at radius 3 is 2.26 bits per heavy atom. The van der Waals surface area contributed by atoms with E-state index in [1.165, 1.54) is 57.6 Å². The number of anilines is 1. The summed E-state index contributed by atoms with van der Waals surface area (Å²) >= 11 is 0. The standard InChI is InChI=1S/C29H30F6N4O5.C3H8/c1-6-12-17(7-2)16-42-27(29(33,34)35)14-11-9-8-10-13-20(40)21-18(28(30,31)32)15-19(36-25(41)44-26(3,4)5)22(37-21)23-38-39-24(27)43-23;1-3-2/h6-9,12,15H,1-2,10-11,13-14,16H2,3-5H3,(H,36,41);3H2,1-2H3/b9-8-,17-12+;. The number of rotatable bonds is 6. The summed E-state index contributed by atoms with van der Waals surface area (Å²) < 4.78 is 103. The zero-order chi connectivity index (χ0) is 35.6. The predicted molar refractivity (Wildman–Crippen MR) is 162 cm³/mol. The number of Topliss-reactive ketones (excluding diaryl/α,β-unsaturated/α-hetero) is 1. The van der Waals surface area contributed by atoms with Crippen LogP contribution in [0.1, 0.15) is 88.7 Å². The number of pyridine rings is 1. The van der Waals surface area contributed by atoms with Gasteiger partial charge in [0.15, 0.2) is 11.5 Å². The van der Waals surface area contributed by atoms with Gasteiger partial charge in [0, 0.05) is 6.42 Å². The van der Waals surface area contributed by atoms with Gasteiger partial charge in [-0.25, -0.2) is 9.78 Å². The van der Waals surface area contributed by atoms with Gasteiger partial charge in [-0.3, -0.25) is 10.1 Å². The summed E-state index contributed by atoms with van der Waals surface area (Å²) in [5.41, 5.74) is -7.94. The molecule has 0 fully saturated rings. The average molecular weight is 673 g/mol. The van der Waals surface area contributed by atoms with Crippen molar-refractivity contribution in [3.05, 3.63) is 72.3 Å². The highest BCUT2D eigenvalue weighted by atomic mass is 19.4. The third-order valence-corrected chi connectivity index (χ3v) is 6.11. The van der Waals surface area contributed by atoms with Crippen molar-refractivity contribution in [2.75, 3.05) is 11.9 Å². The van der Waals surface area contributed by atoms with Gasteiger partial charge in [-0.2, -0.15) is 26.3 Å². The van der Waals surface area contributed by atoms with Crippen LogP contribution in [-0.2, 0) is 21.3 Å². The van der Waals surface area contributed by atoms with Crippen molar-refractivity contribution in [1.29, 1.82) is 0 Å². The molecule has 0 spiro atoms. The van der Waals surface area contributed by atoms with Gasteiger partial charge in [-0.15, -0.1) is 10.2 Å². The number of ether oxygens (including phenoxy) is 2. The highest BCUT2D eigenvalue weighted by molar-refractivity contribution is 5.98. The molecule has 1 aliphatic heterocycles. The highest BCUT2D eigenvalue weighted by Crippen LogP contribution is 2.47.